The number of ether oxygens (including phenoxy) is 2. The molecule has 164 valence electrons. The summed E-state index contributed by atoms with van der Waals surface area (Å²) in [6, 6.07) is 2.18. The lowest BCUT2D eigenvalue weighted by atomic mass is 10.2. The first kappa shape index (κ1) is 21.5. The van der Waals surface area contributed by atoms with Gasteiger partial charge in [-0.2, -0.15) is 4.98 Å². The number of aromatic nitrogens is 2. The first-order valence-corrected chi connectivity index (χ1v) is 11.5. The Hall–Kier alpha value is -1.68. The molecule has 2 aromatic rings. The Bertz CT molecular complexity index is 902. The fourth-order valence-corrected chi connectivity index (χ4v) is 4.94. The van der Waals surface area contributed by atoms with Crippen molar-refractivity contribution in [2.75, 3.05) is 57.4 Å². The summed E-state index contributed by atoms with van der Waals surface area (Å²) in [5.74, 6) is 0.894. The Morgan fingerprint density at radius 3 is 2.53 bits per heavy atom. The number of halogens is 1. The fourth-order valence-electron chi connectivity index (χ4n) is 3.66. The normalized spacial score (nSPS) is 18.8. The van der Waals surface area contributed by atoms with Gasteiger partial charge < -0.3 is 19.3 Å². The predicted molar refractivity (Wildman–Crippen MR) is 119 cm³/mol. The lowest BCUT2D eigenvalue weighted by molar-refractivity contribution is 0.0140. The summed E-state index contributed by atoms with van der Waals surface area (Å²) in [7, 11) is 0. The summed E-state index contributed by atoms with van der Waals surface area (Å²) >= 11 is 7.86. The summed E-state index contributed by atoms with van der Waals surface area (Å²) < 4.78 is 10.9. The summed E-state index contributed by atoms with van der Waals surface area (Å²) in [6.07, 6.45) is -0.232. The number of piperazine rings is 1. The first-order valence-electron chi connectivity index (χ1n) is 10.3. The number of hydrogen-bond acceptors (Lipinski definition) is 8. The lowest BCUT2D eigenvalue weighted by Gasteiger charge is -2.35. The molecule has 2 saturated heterocycles. The Labute approximate surface area is 185 Å². The van der Waals surface area contributed by atoms with Gasteiger partial charge in [0.2, 0.25) is 5.28 Å². The van der Waals surface area contributed by atoms with Gasteiger partial charge in [-0.1, -0.05) is 0 Å². The van der Waals surface area contributed by atoms with Crippen molar-refractivity contribution in [3.8, 4) is 0 Å². The van der Waals surface area contributed by atoms with Crippen LogP contribution in [0.15, 0.2) is 6.07 Å². The number of nitrogens with zero attached hydrogens (tertiary/aromatic N) is 5. The van der Waals surface area contributed by atoms with E-state index in [4.69, 9.17) is 21.1 Å². The summed E-state index contributed by atoms with van der Waals surface area (Å²) in [5, 5.41) is 1.33. The van der Waals surface area contributed by atoms with Gasteiger partial charge in [-0.05, 0) is 38.4 Å². The number of hydrogen-bond donors (Lipinski definition) is 0. The van der Waals surface area contributed by atoms with Crippen molar-refractivity contribution >= 4 is 45.1 Å². The van der Waals surface area contributed by atoms with E-state index >= 15 is 0 Å². The highest BCUT2D eigenvalue weighted by Gasteiger charge is 2.26. The minimum absolute atomic E-state index is 0.232. The maximum absolute atomic E-state index is 12.3. The fraction of sp³-hybridized carbons (Fsp3) is 0.650. The van der Waals surface area contributed by atoms with Crippen LogP contribution < -0.4 is 4.90 Å². The average molecular weight is 454 g/mol. The van der Waals surface area contributed by atoms with Crippen molar-refractivity contribution in [2.24, 2.45) is 0 Å². The van der Waals surface area contributed by atoms with Gasteiger partial charge in [-0.15, -0.1) is 11.3 Å². The van der Waals surface area contributed by atoms with Crippen molar-refractivity contribution in [2.45, 2.75) is 32.9 Å². The van der Waals surface area contributed by atoms with Gasteiger partial charge in [0, 0.05) is 50.7 Å². The predicted octanol–water partition coefficient (Wildman–Crippen LogP) is 3.23. The monoisotopic (exact) mass is 453 g/mol. The Morgan fingerprint density at radius 2 is 1.87 bits per heavy atom. The van der Waals surface area contributed by atoms with Crippen LogP contribution in [0.5, 0.6) is 0 Å². The van der Waals surface area contributed by atoms with Crippen LogP contribution in [-0.2, 0) is 16.0 Å². The number of morpholine rings is 1. The van der Waals surface area contributed by atoms with Crippen LogP contribution in [0.25, 0.3) is 10.2 Å². The van der Waals surface area contributed by atoms with E-state index in [0.29, 0.717) is 26.3 Å². The Morgan fingerprint density at radius 1 is 1.17 bits per heavy atom. The van der Waals surface area contributed by atoms with E-state index in [-0.39, 0.29) is 11.4 Å². The van der Waals surface area contributed by atoms with E-state index in [1.165, 1.54) is 4.88 Å². The molecular weight excluding hydrogens is 426 g/mol. The second-order valence-corrected chi connectivity index (χ2v) is 10.0. The number of carbonyl (C=O) groups is 1. The minimum Gasteiger partial charge on any atom is -0.444 e. The highest BCUT2D eigenvalue weighted by molar-refractivity contribution is 7.18. The number of carbonyl (C=O) groups excluding carboxylic acids is 1. The molecule has 0 unspecified atom stereocenters. The van der Waals surface area contributed by atoms with Gasteiger partial charge in [0.15, 0.2) is 0 Å². The SMILES string of the molecule is CC(C)(C)OC(=O)N1CCN(Cc2cc3c(N4CCOCC4)nc(Cl)nc3s2)CC1. The van der Waals surface area contributed by atoms with Crippen molar-refractivity contribution in [1.82, 2.24) is 19.8 Å². The smallest absolute Gasteiger partial charge is 0.410 e. The molecule has 2 aliphatic rings. The molecule has 1 amide bonds. The molecule has 2 aliphatic heterocycles. The summed E-state index contributed by atoms with van der Waals surface area (Å²) in [6.45, 7) is 12.5. The van der Waals surface area contributed by atoms with Gasteiger partial charge >= 0.3 is 6.09 Å². The van der Waals surface area contributed by atoms with Crippen LogP contribution in [0.3, 0.4) is 0 Å². The van der Waals surface area contributed by atoms with Crippen LogP contribution in [-0.4, -0.2) is 83.9 Å². The molecule has 0 atom stereocenters. The minimum atomic E-state index is -0.466. The number of anilines is 1. The maximum Gasteiger partial charge on any atom is 0.410 e. The van der Waals surface area contributed by atoms with Gasteiger partial charge in [0.25, 0.3) is 0 Å². The standard InChI is InChI=1S/C20H28ClN5O3S/c1-20(2,3)29-19(27)26-6-4-24(5-7-26)13-14-12-15-16(25-8-10-28-11-9-25)22-18(21)23-17(15)30-14/h12H,4-11,13H2,1-3H3. The molecule has 0 N–H and O–H groups in total. The molecular formula is C20H28ClN5O3S. The third-order valence-electron chi connectivity index (χ3n) is 5.11. The molecule has 0 aromatic carbocycles. The highest BCUT2D eigenvalue weighted by atomic mass is 35.5. The third-order valence-corrected chi connectivity index (χ3v) is 6.29. The van der Waals surface area contributed by atoms with E-state index in [9.17, 15) is 4.79 Å². The van der Waals surface area contributed by atoms with Crippen LogP contribution >= 0.6 is 22.9 Å². The zero-order valence-electron chi connectivity index (χ0n) is 17.7. The number of rotatable bonds is 3. The van der Waals surface area contributed by atoms with Crippen LogP contribution in [0, 0.1) is 0 Å². The number of fused-ring (bicyclic) bond motifs is 1. The van der Waals surface area contributed by atoms with Crippen molar-refractivity contribution in [3.05, 3.63) is 16.2 Å². The molecule has 8 nitrogen and oxygen atoms in total. The molecule has 30 heavy (non-hydrogen) atoms. The molecule has 4 rings (SSSR count). The molecule has 10 heteroatoms. The highest BCUT2D eigenvalue weighted by Crippen LogP contribution is 2.33. The first-order chi connectivity index (χ1) is 14.3. The molecule has 0 radical (unpaired) electrons. The average Bonchev–Trinajstić information content (AvgIpc) is 3.09. The lowest BCUT2D eigenvalue weighted by Crippen LogP contribution is -2.49. The van der Waals surface area contributed by atoms with Gasteiger partial charge in [-0.25, -0.2) is 9.78 Å². The topological polar surface area (TPSA) is 71.0 Å². The van der Waals surface area contributed by atoms with Crippen LogP contribution in [0.1, 0.15) is 25.6 Å². The van der Waals surface area contributed by atoms with E-state index in [1.54, 1.807) is 16.2 Å². The van der Waals surface area contributed by atoms with Crippen LogP contribution in [0.2, 0.25) is 5.28 Å². The van der Waals surface area contributed by atoms with Gasteiger partial charge in [-0.3, -0.25) is 4.90 Å². The molecule has 0 spiro atoms. The van der Waals surface area contributed by atoms with Gasteiger partial charge in [0.1, 0.15) is 16.2 Å². The van der Waals surface area contributed by atoms with Crippen molar-refractivity contribution in [3.63, 3.8) is 0 Å². The molecule has 2 fully saturated rings. The number of amides is 1. The quantitative estimate of drug-likeness (QED) is 0.660. The molecule has 0 bridgehead atoms. The van der Waals surface area contributed by atoms with E-state index in [2.05, 4.69) is 25.8 Å². The van der Waals surface area contributed by atoms with Crippen molar-refractivity contribution < 1.29 is 14.3 Å². The second kappa shape index (κ2) is 8.82. The zero-order chi connectivity index (χ0) is 21.3. The maximum atomic E-state index is 12.3. The zero-order valence-corrected chi connectivity index (χ0v) is 19.3. The Kier molecular flexibility index (Phi) is 6.34. The second-order valence-electron chi connectivity index (χ2n) is 8.59. The largest absolute Gasteiger partial charge is 0.444 e. The molecule has 4 heterocycles. The van der Waals surface area contributed by atoms with E-state index in [0.717, 1.165) is 48.8 Å². The van der Waals surface area contributed by atoms with Crippen molar-refractivity contribution in [1.29, 1.82) is 0 Å². The molecule has 0 saturated carbocycles. The third kappa shape index (κ3) is 5.14. The number of thiophene rings is 1. The van der Waals surface area contributed by atoms with Gasteiger partial charge in [0.05, 0.1) is 18.6 Å². The molecule has 0 aliphatic carbocycles. The Balaban J connectivity index is 1.42. The van der Waals surface area contributed by atoms with E-state index in [1.807, 2.05) is 20.8 Å². The molecule has 2 aromatic heterocycles. The summed E-state index contributed by atoms with van der Waals surface area (Å²) in [5.41, 5.74) is -0.466. The van der Waals surface area contributed by atoms with E-state index < -0.39 is 5.60 Å². The van der Waals surface area contributed by atoms with Crippen LogP contribution in [0.4, 0.5) is 10.6 Å². The summed E-state index contributed by atoms with van der Waals surface area (Å²) in [4.78, 5) is 29.7.